The van der Waals surface area contributed by atoms with Gasteiger partial charge >= 0.3 is 0 Å². The molecule has 2 aliphatic rings. The van der Waals surface area contributed by atoms with Crippen LogP contribution in [0.3, 0.4) is 0 Å². The van der Waals surface area contributed by atoms with Gasteiger partial charge in [0.05, 0.1) is 17.5 Å². The van der Waals surface area contributed by atoms with Crippen molar-refractivity contribution in [1.29, 1.82) is 0 Å². The van der Waals surface area contributed by atoms with Crippen molar-refractivity contribution in [3.8, 4) is 5.75 Å². The number of piperidine rings is 1. The Balaban J connectivity index is 1.20. The predicted molar refractivity (Wildman–Crippen MR) is 118 cm³/mol. The summed E-state index contributed by atoms with van der Waals surface area (Å²) in [6.45, 7) is 5.82. The molecule has 4 rings (SSSR count). The van der Waals surface area contributed by atoms with Gasteiger partial charge in [-0.1, -0.05) is 6.92 Å². The molecular formula is C22H32N4O4S. The highest BCUT2D eigenvalue weighted by atomic mass is 32.2. The van der Waals surface area contributed by atoms with Crippen molar-refractivity contribution < 1.29 is 17.7 Å². The van der Waals surface area contributed by atoms with E-state index < -0.39 is 9.84 Å². The van der Waals surface area contributed by atoms with E-state index >= 15 is 0 Å². The summed E-state index contributed by atoms with van der Waals surface area (Å²) in [5, 5.41) is 7.60. The number of nitrogens with one attached hydrogen (secondary N) is 1. The van der Waals surface area contributed by atoms with Crippen molar-refractivity contribution in [2.24, 2.45) is 11.8 Å². The molecule has 170 valence electrons. The van der Waals surface area contributed by atoms with E-state index in [0.29, 0.717) is 35.0 Å². The maximum Gasteiger partial charge on any atom is 0.266 e. The van der Waals surface area contributed by atoms with E-state index in [1.165, 1.54) is 6.26 Å². The van der Waals surface area contributed by atoms with Crippen molar-refractivity contribution in [2.45, 2.75) is 50.0 Å². The summed E-state index contributed by atoms with van der Waals surface area (Å²) in [5.41, 5.74) is 0. The minimum Gasteiger partial charge on any atom is -0.494 e. The van der Waals surface area contributed by atoms with Crippen molar-refractivity contribution in [2.75, 3.05) is 37.4 Å². The van der Waals surface area contributed by atoms with Crippen molar-refractivity contribution in [3.05, 3.63) is 30.2 Å². The van der Waals surface area contributed by atoms with Crippen LogP contribution in [0, 0.1) is 11.8 Å². The largest absolute Gasteiger partial charge is 0.494 e. The molecule has 31 heavy (non-hydrogen) atoms. The molecule has 0 amide bonds. The number of ether oxygens (including phenoxy) is 1. The van der Waals surface area contributed by atoms with Crippen LogP contribution in [-0.4, -0.2) is 51.1 Å². The molecule has 0 radical (unpaired) electrons. The van der Waals surface area contributed by atoms with Crippen LogP contribution >= 0.6 is 0 Å². The minimum atomic E-state index is -3.17. The van der Waals surface area contributed by atoms with Gasteiger partial charge in [0.2, 0.25) is 5.89 Å². The van der Waals surface area contributed by atoms with Crippen LogP contribution in [0.25, 0.3) is 0 Å². The van der Waals surface area contributed by atoms with E-state index in [1.807, 2.05) is 0 Å². The average molecular weight is 449 g/mol. The molecule has 1 aromatic heterocycles. The number of rotatable bonds is 8. The van der Waals surface area contributed by atoms with E-state index in [-0.39, 0.29) is 6.04 Å². The Bertz CT molecular complexity index is 946. The Morgan fingerprint density at radius 2 is 1.97 bits per heavy atom. The highest BCUT2D eigenvalue weighted by Gasteiger charge is 2.28. The molecule has 0 aliphatic carbocycles. The summed E-state index contributed by atoms with van der Waals surface area (Å²) in [5.74, 6) is 3.34. The van der Waals surface area contributed by atoms with E-state index in [4.69, 9.17) is 9.26 Å². The fourth-order valence-corrected chi connectivity index (χ4v) is 5.07. The molecule has 9 heteroatoms. The summed E-state index contributed by atoms with van der Waals surface area (Å²) in [6, 6.07) is 6.84. The van der Waals surface area contributed by atoms with Gasteiger partial charge in [0, 0.05) is 19.3 Å². The Morgan fingerprint density at radius 1 is 1.23 bits per heavy atom. The topological polar surface area (TPSA) is 97.6 Å². The van der Waals surface area contributed by atoms with Crippen LogP contribution in [-0.2, 0) is 9.84 Å². The zero-order valence-corrected chi connectivity index (χ0v) is 19.1. The number of sulfone groups is 1. The van der Waals surface area contributed by atoms with E-state index in [9.17, 15) is 8.42 Å². The Kier molecular flexibility index (Phi) is 6.81. The normalized spacial score (nSPS) is 21.4. The lowest BCUT2D eigenvalue weighted by atomic mass is 9.84. The van der Waals surface area contributed by atoms with Crippen molar-refractivity contribution in [1.82, 2.24) is 15.5 Å². The van der Waals surface area contributed by atoms with Crippen LogP contribution in [0.4, 0.5) is 5.95 Å². The fourth-order valence-electron chi connectivity index (χ4n) is 4.44. The van der Waals surface area contributed by atoms with Gasteiger partial charge in [0.25, 0.3) is 5.95 Å². The zero-order valence-electron chi connectivity index (χ0n) is 18.3. The maximum atomic E-state index is 11.5. The van der Waals surface area contributed by atoms with Crippen LogP contribution in [0.2, 0.25) is 0 Å². The summed E-state index contributed by atoms with van der Waals surface area (Å²) < 4.78 is 34.4. The fraction of sp³-hybridized carbons (Fsp3) is 0.636. The molecule has 8 nitrogen and oxygen atoms in total. The zero-order chi connectivity index (χ0) is 21.8. The third-order valence-electron chi connectivity index (χ3n) is 6.51. The number of aromatic nitrogens is 2. The monoisotopic (exact) mass is 448 g/mol. The standard InChI is InChI=1S/C22H32N4O4S/c1-16(11-15-29-18-5-7-19(8-6-18)31(2,27)28)17-9-13-26(14-10-17)22-24-21(30-25-22)20-4-3-12-23-20/h5-8,16-17,20,23H,3-4,9-15H2,1-2H3. The lowest BCUT2D eigenvalue weighted by molar-refractivity contribution is 0.222. The minimum absolute atomic E-state index is 0.210. The molecule has 3 heterocycles. The number of hydrogen-bond donors (Lipinski definition) is 1. The molecule has 2 saturated heterocycles. The molecule has 2 atom stereocenters. The molecule has 1 aromatic carbocycles. The van der Waals surface area contributed by atoms with Gasteiger partial charge in [-0.3, -0.25) is 0 Å². The molecule has 2 fully saturated rings. The number of benzene rings is 1. The second-order valence-electron chi connectivity index (χ2n) is 8.76. The summed E-state index contributed by atoms with van der Waals surface area (Å²) >= 11 is 0. The Hall–Kier alpha value is -2.13. The Morgan fingerprint density at radius 3 is 2.61 bits per heavy atom. The Labute approximate surface area is 184 Å². The number of anilines is 1. The van der Waals surface area contributed by atoms with Gasteiger partial charge in [-0.15, -0.1) is 0 Å². The van der Waals surface area contributed by atoms with Crippen LogP contribution < -0.4 is 15.0 Å². The van der Waals surface area contributed by atoms with Crippen LogP contribution in [0.5, 0.6) is 5.75 Å². The second-order valence-corrected chi connectivity index (χ2v) is 10.8. The molecule has 1 N–H and O–H groups in total. The van der Waals surface area contributed by atoms with Gasteiger partial charge in [-0.05, 0) is 79.9 Å². The molecule has 2 aliphatic heterocycles. The van der Waals surface area contributed by atoms with Gasteiger partial charge in [-0.2, -0.15) is 4.98 Å². The van der Waals surface area contributed by atoms with Gasteiger partial charge in [0.15, 0.2) is 9.84 Å². The molecular weight excluding hydrogens is 416 g/mol. The molecule has 0 spiro atoms. The van der Waals surface area contributed by atoms with Crippen LogP contribution in [0.15, 0.2) is 33.7 Å². The van der Waals surface area contributed by atoms with Gasteiger partial charge in [-0.25, -0.2) is 8.42 Å². The van der Waals surface area contributed by atoms with E-state index in [0.717, 1.165) is 57.7 Å². The summed E-state index contributed by atoms with van der Waals surface area (Å²) in [6.07, 6.45) is 6.61. The predicted octanol–water partition coefficient (Wildman–Crippen LogP) is 3.22. The first-order valence-corrected chi connectivity index (χ1v) is 13.0. The number of hydrogen-bond acceptors (Lipinski definition) is 8. The van der Waals surface area contributed by atoms with E-state index in [2.05, 4.69) is 27.3 Å². The first kappa shape index (κ1) is 22.1. The highest BCUT2D eigenvalue weighted by molar-refractivity contribution is 7.90. The molecule has 0 bridgehead atoms. The lowest BCUT2D eigenvalue weighted by Gasteiger charge is -2.34. The summed E-state index contributed by atoms with van der Waals surface area (Å²) in [4.78, 5) is 7.16. The first-order chi connectivity index (χ1) is 14.9. The van der Waals surface area contributed by atoms with Crippen LogP contribution in [0.1, 0.15) is 51.0 Å². The third kappa shape index (κ3) is 5.57. The van der Waals surface area contributed by atoms with Gasteiger partial charge in [0.1, 0.15) is 5.75 Å². The summed E-state index contributed by atoms with van der Waals surface area (Å²) in [7, 11) is -3.17. The van der Waals surface area contributed by atoms with Gasteiger partial charge < -0.3 is 19.5 Å². The quantitative estimate of drug-likeness (QED) is 0.657. The molecule has 2 unspecified atom stereocenters. The van der Waals surface area contributed by atoms with Crippen molar-refractivity contribution in [3.63, 3.8) is 0 Å². The lowest BCUT2D eigenvalue weighted by Crippen LogP contribution is -2.36. The maximum absolute atomic E-state index is 11.5. The first-order valence-electron chi connectivity index (χ1n) is 11.1. The van der Waals surface area contributed by atoms with E-state index in [1.54, 1.807) is 24.3 Å². The second kappa shape index (κ2) is 9.56. The van der Waals surface area contributed by atoms with Crippen molar-refractivity contribution >= 4 is 15.8 Å². The number of nitrogens with zero attached hydrogens (tertiary/aromatic N) is 3. The average Bonchev–Trinajstić information content (AvgIpc) is 3.45. The smallest absolute Gasteiger partial charge is 0.266 e. The molecule has 0 saturated carbocycles. The SMILES string of the molecule is CC(CCOc1ccc(S(C)(=O)=O)cc1)C1CCN(c2noc(C3CCCN3)n2)CC1. The highest BCUT2D eigenvalue weighted by Crippen LogP contribution is 2.30. The third-order valence-corrected chi connectivity index (χ3v) is 7.64. The molecule has 2 aromatic rings.